The topological polar surface area (TPSA) is 78.9 Å². The Morgan fingerprint density at radius 2 is 1.95 bits per heavy atom. The summed E-state index contributed by atoms with van der Waals surface area (Å²) < 4.78 is 0. The summed E-state index contributed by atoms with van der Waals surface area (Å²) in [5.74, 6) is -0.0436. The van der Waals surface area contributed by atoms with Crippen LogP contribution in [0.2, 0.25) is 0 Å². The minimum absolute atomic E-state index is 0.0237. The number of amidine groups is 1. The van der Waals surface area contributed by atoms with Crippen LogP contribution in [-0.2, 0) is 6.54 Å². The Morgan fingerprint density at radius 3 is 2.50 bits per heavy atom. The first-order valence-electron chi connectivity index (χ1n) is 5.96. The van der Waals surface area contributed by atoms with E-state index in [1.54, 1.807) is 47.5 Å². The Kier molecular flexibility index (Phi) is 4.37. The fraction of sp³-hybridized carbons (Fsp3) is 0.143. The molecule has 1 aromatic carbocycles. The number of thiophene rings is 1. The number of nitrogens with zero attached hydrogens (tertiary/aromatic N) is 2. The van der Waals surface area contributed by atoms with Crippen LogP contribution in [0.3, 0.4) is 0 Å². The number of carbonyl (C=O) groups is 1. The number of oxime groups is 1. The Balaban J connectivity index is 2.09. The van der Waals surface area contributed by atoms with Crippen LogP contribution in [0.15, 0.2) is 46.2 Å². The standard InChI is InChI=1S/C14H15N3O2S/c1-17(8-10-6-7-20-9-10)14(18)12-4-2-11(3-5-12)13(15)16-19/h2-7,9,19H,8H2,1H3,(H2,15,16). The Labute approximate surface area is 120 Å². The Hall–Kier alpha value is -2.34. The van der Waals surface area contributed by atoms with E-state index in [1.165, 1.54) is 0 Å². The maximum Gasteiger partial charge on any atom is 0.253 e. The van der Waals surface area contributed by atoms with Crippen molar-refractivity contribution in [1.29, 1.82) is 0 Å². The number of benzene rings is 1. The molecule has 0 saturated carbocycles. The van der Waals surface area contributed by atoms with Gasteiger partial charge < -0.3 is 15.8 Å². The Bertz CT molecular complexity index is 606. The van der Waals surface area contributed by atoms with E-state index in [4.69, 9.17) is 10.9 Å². The summed E-state index contributed by atoms with van der Waals surface area (Å²) in [6.07, 6.45) is 0. The van der Waals surface area contributed by atoms with Gasteiger partial charge in [-0.1, -0.05) is 17.3 Å². The molecule has 104 valence electrons. The third kappa shape index (κ3) is 3.16. The molecule has 0 fully saturated rings. The molecule has 1 heterocycles. The van der Waals surface area contributed by atoms with Crippen molar-refractivity contribution < 1.29 is 10.0 Å². The molecule has 1 aromatic heterocycles. The van der Waals surface area contributed by atoms with Gasteiger partial charge in [-0.05, 0) is 34.5 Å². The molecule has 0 spiro atoms. The van der Waals surface area contributed by atoms with Gasteiger partial charge in [0.05, 0.1) is 0 Å². The zero-order valence-corrected chi connectivity index (χ0v) is 11.8. The molecule has 0 bridgehead atoms. The molecular weight excluding hydrogens is 274 g/mol. The van der Waals surface area contributed by atoms with Gasteiger partial charge in [0.2, 0.25) is 0 Å². The van der Waals surface area contributed by atoms with Crippen molar-refractivity contribution in [1.82, 2.24) is 4.90 Å². The predicted molar refractivity (Wildman–Crippen MR) is 79.1 cm³/mol. The second-order valence-corrected chi connectivity index (χ2v) is 5.14. The van der Waals surface area contributed by atoms with Crippen molar-refractivity contribution in [3.05, 3.63) is 57.8 Å². The van der Waals surface area contributed by atoms with E-state index >= 15 is 0 Å². The summed E-state index contributed by atoms with van der Waals surface area (Å²) in [7, 11) is 1.76. The average molecular weight is 289 g/mol. The van der Waals surface area contributed by atoms with Gasteiger partial charge >= 0.3 is 0 Å². The van der Waals surface area contributed by atoms with E-state index in [0.29, 0.717) is 17.7 Å². The summed E-state index contributed by atoms with van der Waals surface area (Å²) in [5.41, 5.74) is 7.73. The zero-order chi connectivity index (χ0) is 14.5. The van der Waals surface area contributed by atoms with Gasteiger partial charge in [-0.15, -0.1) is 0 Å². The highest BCUT2D eigenvalue weighted by Gasteiger charge is 2.12. The zero-order valence-electron chi connectivity index (χ0n) is 11.0. The number of hydrogen-bond donors (Lipinski definition) is 2. The average Bonchev–Trinajstić information content (AvgIpc) is 2.98. The third-order valence-electron chi connectivity index (χ3n) is 2.88. The monoisotopic (exact) mass is 289 g/mol. The molecule has 0 atom stereocenters. The van der Waals surface area contributed by atoms with Crippen LogP contribution in [-0.4, -0.2) is 28.9 Å². The van der Waals surface area contributed by atoms with Gasteiger partial charge in [-0.2, -0.15) is 11.3 Å². The molecule has 0 aliphatic heterocycles. The number of amides is 1. The number of carbonyl (C=O) groups excluding carboxylic acids is 1. The molecule has 6 heteroatoms. The van der Waals surface area contributed by atoms with E-state index in [9.17, 15) is 4.79 Å². The maximum atomic E-state index is 12.2. The van der Waals surface area contributed by atoms with Gasteiger partial charge in [0.15, 0.2) is 5.84 Å². The van der Waals surface area contributed by atoms with Gasteiger partial charge in [-0.25, -0.2) is 0 Å². The van der Waals surface area contributed by atoms with Gasteiger partial charge in [0, 0.05) is 24.7 Å². The van der Waals surface area contributed by atoms with Gasteiger partial charge in [0.25, 0.3) is 5.91 Å². The largest absolute Gasteiger partial charge is 0.409 e. The van der Waals surface area contributed by atoms with Crippen LogP contribution in [0.1, 0.15) is 21.5 Å². The van der Waals surface area contributed by atoms with Gasteiger partial charge in [0.1, 0.15) is 0 Å². The van der Waals surface area contributed by atoms with Crippen molar-refractivity contribution >= 4 is 23.1 Å². The molecule has 1 amide bonds. The van der Waals surface area contributed by atoms with Crippen LogP contribution in [0.25, 0.3) is 0 Å². The molecule has 0 radical (unpaired) electrons. The van der Waals surface area contributed by atoms with Crippen molar-refractivity contribution in [2.75, 3.05) is 7.05 Å². The Morgan fingerprint density at radius 1 is 1.30 bits per heavy atom. The van der Waals surface area contributed by atoms with E-state index in [2.05, 4.69) is 5.16 Å². The smallest absolute Gasteiger partial charge is 0.253 e. The van der Waals surface area contributed by atoms with Crippen LogP contribution in [0, 0.1) is 0 Å². The highest BCUT2D eigenvalue weighted by molar-refractivity contribution is 7.07. The van der Waals surface area contributed by atoms with Crippen LogP contribution >= 0.6 is 11.3 Å². The summed E-state index contributed by atoms with van der Waals surface area (Å²) in [6.45, 7) is 0.574. The molecule has 3 N–H and O–H groups in total. The number of hydrogen-bond acceptors (Lipinski definition) is 4. The van der Waals surface area contributed by atoms with Crippen molar-refractivity contribution in [2.24, 2.45) is 10.9 Å². The summed E-state index contributed by atoms with van der Waals surface area (Å²) >= 11 is 1.61. The molecule has 0 unspecified atom stereocenters. The fourth-order valence-corrected chi connectivity index (χ4v) is 2.45. The minimum atomic E-state index is -0.0674. The third-order valence-corrected chi connectivity index (χ3v) is 3.61. The first-order chi connectivity index (χ1) is 9.61. The number of nitrogens with two attached hydrogens (primary N) is 1. The molecule has 5 nitrogen and oxygen atoms in total. The normalized spacial score (nSPS) is 11.3. The first kappa shape index (κ1) is 14.1. The lowest BCUT2D eigenvalue weighted by atomic mass is 10.1. The fourth-order valence-electron chi connectivity index (χ4n) is 1.79. The molecule has 2 aromatic rings. The highest BCUT2D eigenvalue weighted by Crippen LogP contribution is 2.12. The van der Waals surface area contributed by atoms with E-state index in [1.807, 2.05) is 16.8 Å². The lowest BCUT2D eigenvalue weighted by Gasteiger charge is -2.16. The minimum Gasteiger partial charge on any atom is -0.409 e. The molecule has 20 heavy (non-hydrogen) atoms. The SMILES string of the molecule is CN(Cc1ccsc1)C(=O)c1ccc(/C(N)=N/O)cc1. The summed E-state index contributed by atoms with van der Waals surface area (Å²) in [4.78, 5) is 13.9. The van der Waals surface area contributed by atoms with Crippen molar-refractivity contribution in [2.45, 2.75) is 6.54 Å². The van der Waals surface area contributed by atoms with Crippen LogP contribution in [0.4, 0.5) is 0 Å². The predicted octanol–water partition coefficient (Wildman–Crippen LogP) is 2.11. The quantitative estimate of drug-likeness (QED) is 0.391. The van der Waals surface area contributed by atoms with E-state index < -0.39 is 0 Å². The lowest BCUT2D eigenvalue weighted by molar-refractivity contribution is 0.0785. The van der Waals surface area contributed by atoms with E-state index in [0.717, 1.165) is 5.56 Å². The second-order valence-electron chi connectivity index (χ2n) is 4.36. The molecule has 0 saturated heterocycles. The molecular formula is C14H15N3O2S. The van der Waals surface area contributed by atoms with Crippen LogP contribution in [0.5, 0.6) is 0 Å². The van der Waals surface area contributed by atoms with Crippen molar-refractivity contribution in [3.63, 3.8) is 0 Å². The molecule has 0 aliphatic carbocycles. The lowest BCUT2D eigenvalue weighted by Crippen LogP contribution is -2.26. The summed E-state index contributed by atoms with van der Waals surface area (Å²) in [6, 6.07) is 8.64. The first-order valence-corrected chi connectivity index (χ1v) is 6.90. The summed E-state index contributed by atoms with van der Waals surface area (Å²) in [5, 5.41) is 15.5. The number of rotatable bonds is 4. The second kappa shape index (κ2) is 6.21. The maximum absolute atomic E-state index is 12.2. The van der Waals surface area contributed by atoms with Gasteiger partial charge in [-0.3, -0.25) is 4.79 Å². The highest BCUT2D eigenvalue weighted by atomic mass is 32.1. The van der Waals surface area contributed by atoms with Crippen LogP contribution < -0.4 is 5.73 Å². The van der Waals surface area contributed by atoms with Crippen molar-refractivity contribution in [3.8, 4) is 0 Å². The molecule has 0 aliphatic rings. The van der Waals surface area contributed by atoms with E-state index in [-0.39, 0.29) is 11.7 Å². The molecule has 2 rings (SSSR count).